The van der Waals surface area contributed by atoms with E-state index in [1.54, 1.807) is 6.33 Å². The molecule has 2 atom stereocenters. The number of aromatic nitrogens is 3. The first-order valence-corrected chi connectivity index (χ1v) is 8.16. The van der Waals surface area contributed by atoms with Gasteiger partial charge in [-0.2, -0.15) is 0 Å². The van der Waals surface area contributed by atoms with Gasteiger partial charge >= 0.3 is 0 Å². The molecule has 1 N–H and O–H groups in total. The summed E-state index contributed by atoms with van der Waals surface area (Å²) >= 11 is 12.4. The molecule has 6 heteroatoms. The predicted molar refractivity (Wildman–Crippen MR) is 87.1 cm³/mol. The van der Waals surface area contributed by atoms with E-state index in [-0.39, 0.29) is 6.61 Å². The van der Waals surface area contributed by atoms with Gasteiger partial charge in [-0.1, -0.05) is 37.0 Å². The van der Waals surface area contributed by atoms with Gasteiger partial charge < -0.3 is 9.67 Å². The highest BCUT2D eigenvalue weighted by Gasteiger charge is 2.27. The van der Waals surface area contributed by atoms with Crippen molar-refractivity contribution in [1.82, 2.24) is 14.5 Å². The highest BCUT2D eigenvalue weighted by Crippen LogP contribution is 2.37. The average Bonchev–Trinajstić information content (AvgIpc) is 3.13. The Morgan fingerprint density at radius 1 is 1.33 bits per heavy atom. The van der Waals surface area contributed by atoms with E-state index in [9.17, 15) is 5.11 Å². The number of pyridine rings is 1. The molecule has 1 aliphatic carbocycles. The number of hydrogen-bond acceptors (Lipinski definition) is 3. The molecular weight excluding hydrogens is 309 g/mol. The van der Waals surface area contributed by atoms with Crippen molar-refractivity contribution in [2.24, 2.45) is 5.92 Å². The summed E-state index contributed by atoms with van der Waals surface area (Å²) in [6.45, 7) is 6.09. The largest absolute Gasteiger partial charge is 0.396 e. The SMILES string of the molecule is CC.Cc1c(Cl)nc2c(ncn2C2CCC(CO)C2)c1Cl. The molecule has 0 bridgehead atoms. The van der Waals surface area contributed by atoms with Gasteiger partial charge in [0, 0.05) is 18.2 Å². The van der Waals surface area contributed by atoms with Crippen molar-refractivity contribution >= 4 is 34.4 Å². The summed E-state index contributed by atoms with van der Waals surface area (Å²) in [4.78, 5) is 8.77. The predicted octanol–water partition coefficient (Wildman–Crippen LogP) is 4.41. The van der Waals surface area contributed by atoms with Gasteiger partial charge in [-0.05, 0) is 32.1 Å². The van der Waals surface area contributed by atoms with Crippen molar-refractivity contribution in [1.29, 1.82) is 0 Å². The zero-order valence-electron chi connectivity index (χ0n) is 12.6. The lowest BCUT2D eigenvalue weighted by Crippen LogP contribution is -2.07. The summed E-state index contributed by atoms with van der Waals surface area (Å²) in [6, 6.07) is 0.324. The number of aliphatic hydroxyl groups excluding tert-OH is 1. The molecule has 0 spiro atoms. The Kier molecular flexibility index (Phi) is 5.47. The van der Waals surface area contributed by atoms with Crippen LogP contribution in [0.25, 0.3) is 11.2 Å². The highest BCUT2D eigenvalue weighted by molar-refractivity contribution is 6.38. The van der Waals surface area contributed by atoms with Crippen molar-refractivity contribution in [2.75, 3.05) is 6.61 Å². The van der Waals surface area contributed by atoms with Gasteiger partial charge in [0.2, 0.25) is 0 Å². The van der Waals surface area contributed by atoms with Gasteiger partial charge in [0.25, 0.3) is 0 Å². The molecule has 0 aromatic carbocycles. The van der Waals surface area contributed by atoms with Crippen LogP contribution in [-0.4, -0.2) is 26.2 Å². The summed E-state index contributed by atoms with van der Waals surface area (Å²) in [6.07, 6.45) is 4.80. The maximum absolute atomic E-state index is 9.24. The summed E-state index contributed by atoms with van der Waals surface area (Å²) in [5.41, 5.74) is 2.21. The molecule has 1 aliphatic rings. The van der Waals surface area contributed by atoms with Gasteiger partial charge in [0.1, 0.15) is 10.7 Å². The van der Waals surface area contributed by atoms with Crippen LogP contribution >= 0.6 is 23.2 Å². The van der Waals surface area contributed by atoms with Crippen molar-refractivity contribution in [2.45, 2.75) is 46.1 Å². The van der Waals surface area contributed by atoms with Gasteiger partial charge in [-0.3, -0.25) is 0 Å². The quantitative estimate of drug-likeness (QED) is 0.830. The van der Waals surface area contributed by atoms with Crippen molar-refractivity contribution in [3.63, 3.8) is 0 Å². The molecule has 2 aromatic rings. The smallest absolute Gasteiger partial charge is 0.163 e. The molecule has 0 radical (unpaired) electrons. The maximum atomic E-state index is 9.24. The minimum absolute atomic E-state index is 0.247. The summed E-state index contributed by atoms with van der Waals surface area (Å²) in [5.74, 6) is 0.374. The molecule has 21 heavy (non-hydrogen) atoms. The molecule has 0 aliphatic heterocycles. The van der Waals surface area contributed by atoms with Crippen molar-refractivity contribution in [3.05, 3.63) is 22.1 Å². The number of rotatable bonds is 2. The van der Waals surface area contributed by atoms with Gasteiger partial charge in [0.05, 0.1) is 11.3 Å². The van der Waals surface area contributed by atoms with E-state index in [0.717, 1.165) is 30.5 Å². The van der Waals surface area contributed by atoms with E-state index in [1.165, 1.54) is 0 Å². The Balaban J connectivity index is 0.000000774. The van der Waals surface area contributed by atoms with Crippen LogP contribution in [0.5, 0.6) is 0 Å². The minimum atomic E-state index is 0.247. The van der Waals surface area contributed by atoms with Gasteiger partial charge in [-0.15, -0.1) is 0 Å². The number of aliphatic hydroxyl groups is 1. The lowest BCUT2D eigenvalue weighted by atomic mass is 10.1. The van der Waals surface area contributed by atoms with E-state index in [1.807, 2.05) is 25.3 Å². The molecule has 0 amide bonds. The third-order valence-corrected chi connectivity index (χ3v) is 4.81. The molecule has 1 fully saturated rings. The first kappa shape index (κ1) is 16.5. The molecule has 116 valence electrons. The average molecular weight is 330 g/mol. The molecule has 3 rings (SSSR count). The fourth-order valence-electron chi connectivity index (χ4n) is 2.80. The second-order valence-electron chi connectivity index (χ2n) is 5.18. The number of nitrogens with zero attached hydrogens (tertiary/aromatic N) is 3. The fraction of sp³-hybridized carbons (Fsp3) is 0.600. The Morgan fingerprint density at radius 2 is 2.05 bits per heavy atom. The number of imidazole rings is 1. The van der Waals surface area contributed by atoms with Crippen molar-refractivity contribution < 1.29 is 5.11 Å². The zero-order chi connectivity index (χ0) is 15.6. The van der Waals surface area contributed by atoms with Crippen LogP contribution in [0.3, 0.4) is 0 Å². The van der Waals surface area contributed by atoms with Gasteiger partial charge in [0.15, 0.2) is 5.65 Å². The van der Waals surface area contributed by atoms with E-state index < -0.39 is 0 Å². The van der Waals surface area contributed by atoms with Crippen LogP contribution in [0.2, 0.25) is 10.2 Å². The molecule has 2 heterocycles. The van der Waals surface area contributed by atoms with Crippen LogP contribution in [0.4, 0.5) is 0 Å². The van der Waals surface area contributed by atoms with Crippen LogP contribution in [0.1, 0.15) is 44.7 Å². The van der Waals surface area contributed by atoms with Crippen LogP contribution in [0, 0.1) is 12.8 Å². The Morgan fingerprint density at radius 3 is 2.67 bits per heavy atom. The number of fused-ring (bicyclic) bond motifs is 1. The molecule has 0 saturated heterocycles. The first-order valence-electron chi connectivity index (χ1n) is 7.40. The van der Waals surface area contributed by atoms with Crippen molar-refractivity contribution in [3.8, 4) is 0 Å². The Bertz CT molecular complexity index is 627. The van der Waals surface area contributed by atoms with E-state index >= 15 is 0 Å². The third-order valence-electron chi connectivity index (χ3n) is 3.98. The first-order chi connectivity index (χ1) is 10.1. The van der Waals surface area contributed by atoms with E-state index in [2.05, 4.69) is 9.97 Å². The second kappa shape index (κ2) is 6.95. The second-order valence-corrected chi connectivity index (χ2v) is 5.92. The topological polar surface area (TPSA) is 50.9 Å². The number of halogens is 2. The molecular formula is C15H21Cl2N3O. The molecule has 2 unspecified atom stereocenters. The summed E-state index contributed by atoms with van der Waals surface area (Å²) in [7, 11) is 0. The maximum Gasteiger partial charge on any atom is 0.163 e. The number of hydrogen-bond donors (Lipinski definition) is 1. The van der Waals surface area contributed by atoms with Crippen LogP contribution in [-0.2, 0) is 0 Å². The summed E-state index contributed by atoms with van der Waals surface area (Å²) in [5, 5.41) is 10.2. The monoisotopic (exact) mass is 329 g/mol. The van der Waals surface area contributed by atoms with Gasteiger partial charge in [-0.25, -0.2) is 9.97 Å². The minimum Gasteiger partial charge on any atom is -0.396 e. The molecule has 1 saturated carbocycles. The van der Waals surface area contributed by atoms with Crippen LogP contribution < -0.4 is 0 Å². The normalized spacial score (nSPS) is 21.4. The van der Waals surface area contributed by atoms with Crippen LogP contribution in [0.15, 0.2) is 6.33 Å². The summed E-state index contributed by atoms with van der Waals surface area (Å²) < 4.78 is 2.04. The highest BCUT2D eigenvalue weighted by atomic mass is 35.5. The Hall–Kier alpha value is -0.840. The third kappa shape index (κ3) is 3.03. The lowest BCUT2D eigenvalue weighted by molar-refractivity contribution is 0.226. The standard InChI is InChI=1S/C13H15Cl2N3O.C2H6/c1-7-10(14)11-13(17-12(7)15)18(6-16-11)9-3-2-8(4-9)5-19;1-2/h6,8-9,19H,2-5H2,1H3;1-2H3. The zero-order valence-corrected chi connectivity index (χ0v) is 14.1. The van der Waals surface area contributed by atoms with E-state index in [0.29, 0.717) is 27.7 Å². The fourth-order valence-corrected chi connectivity index (χ4v) is 3.25. The van der Waals surface area contributed by atoms with E-state index in [4.69, 9.17) is 23.2 Å². The lowest BCUT2D eigenvalue weighted by Gasteiger charge is -2.13. The molecule has 4 nitrogen and oxygen atoms in total. The molecule has 2 aromatic heterocycles. The Labute approximate surface area is 135 Å².